The molecule has 1 saturated carbocycles. The van der Waals surface area contributed by atoms with Gasteiger partial charge in [0.2, 0.25) is 5.91 Å². The Kier molecular flexibility index (Phi) is 7.37. The summed E-state index contributed by atoms with van der Waals surface area (Å²) >= 11 is 0. The zero-order valence-electron chi connectivity index (χ0n) is 12.8. The second-order valence-electron chi connectivity index (χ2n) is 6.36. The Bertz CT molecular complexity index is 269. The first-order valence-electron chi connectivity index (χ1n) is 8.54. The van der Waals surface area contributed by atoms with Gasteiger partial charge in [-0.15, -0.1) is 0 Å². The maximum Gasteiger partial charge on any atom is 0.220 e. The van der Waals surface area contributed by atoms with Crippen LogP contribution < -0.4 is 10.6 Å². The van der Waals surface area contributed by atoms with Crippen molar-refractivity contribution in [3.05, 3.63) is 0 Å². The molecule has 2 aliphatic rings. The molecule has 0 aromatic rings. The van der Waals surface area contributed by atoms with Gasteiger partial charge in [0.1, 0.15) is 0 Å². The van der Waals surface area contributed by atoms with Crippen LogP contribution in [-0.2, 0) is 4.79 Å². The molecule has 2 N–H and O–H groups in total. The zero-order chi connectivity index (χ0) is 14.0. The summed E-state index contributed by atoms with van der Waals surface area (Å²) in [6, 6.07) is 0. The van der Waals surface area contributed by atoms with Crippen molar-refractivity contribution in [2.45, 2.75) is 51.4 Å². The summed E-state index contributed by atoms with van der Waals surface area (Å²) in [5.74, 6) is 0.919. The molecule has 1 amide bonds. The zero-order valence-corrected chi connectivity index (χ0v) is 12.8. The van der Waals surface area contributed by atoms with Crippen molar-refractivity contribution in [1.29, 1.82) is 0 Å². The first-order chi connectivity index (χ1) is 9.84. The van der Waals surface area contributed by atoms with Crippen LogP contribution in [-0.4, -0.2) is 50.1 Å². The third-order valence-corrected chi connectivity index (χ3v) is 4.63. The smallest absolute Gasteiger partial charge is 0.220 e. The van der Waals surface area contributed by atoms with Gasteiger partial charge in [-0.3, -0.25) is 4.79 Å². The lowest BCUT2D eigenvalue weighted by atomic mass is 9.96. The largest absolute Gasteiger partial charge is 0.356 e. The van der Waals surface area contributed by atoms with Gasteiger partial charge in [0.25, 0.3) is 0 Å². The first-order valence-corrected chi connectivity index (χ1v) is 8.54. The average Bonchev–Trinajstić information content (AvgIpc) is 2.73. The summed E-state index contributed by atoms with van der Waals surface area (Å²) in [4.78, 5) is 14.4. The summed E-state index contributed by atoms with van der Waals surface area (Å²) in [6.45, 7) is 6.47. The van der Waals surface area contributed by atoms with Crippen LogP contribution in [0.1, 0.15) is 51.4 Å². The number of carbonyl (C=O) groups excluding carboxylic acids is 1. The van der Waals surface area contributed by atoms with Gasteiger partial charge in [-0.25, -0.2) is 0 Å². The molecule has 0 spiro atoms. The molecule has 0 unspecified atom stereocenters. The number of hydrogen-bond donors (Lipinski definition) is 2. The minimum absolute atomic E-state index is 0.275. The van der Waals surface area contributed by atoms with E-state index < -0.39 is 0 Å². The monoisotopic (exact) mass is 281 g/mol. The first kappa shape index (κ1) is 15.8. The molecule has 2 rings (SSSR count). The second kappa shape index (κ2) is 9.35. The maximum atomic E-state index is 11.9. The highest BCUT2D eigenvalue weighted by Crippen LogP contribution is 2.25. The summed E-state index contributed by atoms with van der Waals surface area (Å²) < 4.78 is 0. The van der Waals surface area contributed by atoms with E-state index in [-0.39, 0.29) is 5.91 Å². The van der Waals surface area contributed by atoms with E-state index in [2.05, 4.69) is 15.5 Å². The Morgan fingerprint density at radius 1 is 1.10 bits per heavy atom. The van der Waals surface area contributed by atoms with Gasteiger partial charge >= 0.3 is 0 Å². The Balaban J connectivity index is 1.50. The van der Waals surface area contributed by atoms with Crippen LogP contribution in [0.3, 0.4) is 0 Å². The van der Waals surface area contributed by atoms with Gasteiger partial charge in [0, 0.05) is 39.1 Å². The molecule has 1 aliphatic heterocycles. The Labute approximate surface area is 123 Å². The van der Waals surface area contributed by atoms with Crippen molar-refractivity contribution < 1.29 is 4.79 Å². The second-order valence-corrected chi connectivity index (χ2v) is 6.36. The predicted octanol–water partition coefficient (Wildman–Crippen LogP) is 1.76. The molecule has 0 radical (unpaired) electrons. The molecule has 1 saturated heterocycles. The fraction of sp³-hybridized carbons (Fsp3) is 0.938. The van der Waals surface area contributed by atoms with Gasteiger partial charge in [-0.05, 0) is 31.7 Å². The topological polar surface area (TPSA) is 44.4 Å². The number of amides is 1. The van der Waals surface area contributed by atoms with Gasteiger partial charge in [-0.2, -0.15) is 0 Å². The van der Waals surface area contributed by atoms with Crippen LogP contribution in [0.4, 0.5) is 0 Å². The molecule has 0 aromatic heterocycles. The van der Waals surface area contributed by atoms with Crippen molar-refractivity contribution >= 4 is 5.91 Å². The number of nitrogens with one attached hydrogen (secondary N) is 2. The average molecular weight is 281 g/mol. The Hall–Kier alpha value is -0.610. The number of hydrogen-bond acceptors (Lipinski definition) is 3. The summed E-state index contributed by atoms with van der Waals surface area (Å²) in [5, 5.41) is 6.47. The molecule has 0 bridgehead atoms. The number of rotatable bonds is 6. The van der Waals surface area contributed by atoms with Crippen LogP contribution in [0.5, 0.6) is 0 Å². The molecule has 0 atom stereocenters. The lowest BCUT2D eigenvalue weighted by Gasteiger charge is -2.27. The molecule has 1 aliphatic carbocycles. The number of piperazine rings is 1. The minimum Gasteiger partial charge on any atom is -0.356 e. The van der Waals surface area contributed by atoms with Gasteiger partial charge in [0.15, 0.2) is 0 Å². The summed E-state index contributed by atoms with van der Waals surface area (Å²) in [5.41, 5.74) is 0. The quantitative estimate of drug-likeness (QED) is 0.576. The van der Waals surface area contributed by atoms with Gasteiger partial charge < -0.3 is 15.5 Å². The predicted molar refractivity (Wildman–Crippen MR) is 82.7 cm³/mol. The minimum atomic E-state index is 0.275. The molecule has 116 valence electrons. The van der Waals surface area contributed by atoms with E-state index >= 15 is 0 Å². The van der Waals surface area contributed by atoms with Crippen LogP contribution in [0.25, 0.3) is 0 Å². The highest BCUT2D eigenvalue weighted by molar-refractivity contribution is 5.76. The molecule has 2 fully saturated rings. The fourth-order valence-corrected chi connectivity index (χ4v) is 3.37. The molecule has 4 nitrogen and oxygen atoms in total. The molecule has 20 heavy (non-hydrogen) atoms. The third-order valence-electron chi connectivity index (χ3n) is 4.63. The summed E-state index contributed by atoms with van der Waals surface area (Å²) in [6.07, 6.45) is 9.72. The van der Waals surface area contributed by atoms with E-state index in [1.165, 1.54) is 38.5 Å². The van der Waals surface area contributed by atoms with Crippen LogP contribution >= 0.6 is 0 Å². The Morgan fingerprint density at radius 3 is 2.50 bits per heavy atom. The van der Waals surface area contributed by atoms with Crippen molar-refractivity contribution in [3.8, 4) is 0 Å². The SMILES string of the molecule is O=C(CC1CCCCCC1)NCCCN1CCNCC1. The van der Waals surface area contributed by atoms with E-state index in [0.717, 1.165) is 52.1 Å². The normalized spacial score (nSPS) is 22.4. The molecule has 0 aromatic carbocycles. The lowest BCUT2D eigenvalue weighted by Crippen LogP contribution is -2.44. The number of carbonyl (C=O) groups is 1. The molecular weight excluding hydrogens is 250 g/mol. The van der Waals surface area contributed by atoms with Crippen molar-refractivity contribution in [2.24, 2.45) is 5.92 Å². The van der Waals surface area contributed by atoms with Gasteiger partial charge in [-0.1, -0.05) is 25.7 Å². The fourth-order valence-electron chi connectivity index (χ4n) is 3.37. The van der Waals surface area contributed by atoms with Crippen LogP contribution in [0.15, 0.2) is 0 Å². The van der Waals surface area contributed by atoms with E-state index in [4.69, 9.17) is 0 Å². The summed E-state index contributed by atoms with van der Waals surface area (Å²) in [7, 11) is 0. The highest BCUT2D eigenvalue weighted by Gasteiger charge is 2.15. The van der Waals surface area contributed by atoms with Gasteiger partial charge in [0.05, 0.1) is 0 Å². The van der Waals surface area contributed by atoms with Crippen LogP contribution in [0.2, 0.25) is 0 Å². The van der Waals surface area contributed by atoms with E-state index in [0.29, 0.717) is 5.92 Å². The molecule has 1 heterocycles. The van der Waals surface area contributed by atoms with Crippen molar-refractivity contribution in [3.63, 3.8) is 0 Å². The standard InChI is InChI=1S/C16H31N3O/c20-16(14-15-6-3-1-2-4-7-15)18-8-5-11-19-12-9-17-10-13-19/h15,17H,1-14H2,(H,18,20). The molecular formula is C16H31N3O. The van der Waals surface area contributed by atoms with E-state index in [9.17, 15) is 4.79 Å². The number of nitrogens with zero attached hydrogens (tertiary/aromatic N) is 1. The lowest BCUT2D eigenvalue weighted by molar-refractivity contribution is -0.122. The van der Waals surface area contributed by atoms with Crippen molar-refractivity contribution in [2.75, 3.05) is 39.3 Å². The maximum absolute atomic E-state index is 11.9. The highest BCUT2D eigenvalue weighted by atomic mass is 16.1. The molecule has 4 heteroatoms. The third kappa shape index (κ3) is 6.23. The van der Waals surface area contributed by atoms with Crippen LogP contribution in [0, 0.1) is 5.92 Å². The van der Waals surface area contributed by atoms with E-state index in [1.54, 1.807) is 0 Å². The van der Waals surface area contributed by atoms with E-state index in [1.807, 2.05) is 0 Å². The van der Waals surface area contributed by atoms with Crippen molar-refractivity contribution in [1.82, 2.24) is 15.5 Å². The Morgan fingerprint density at radius 2 is 1.80 bits per heavy atom.